The van der Waals surface area contributed by atoms with Crippen LogP contribution in [0.3, 0.4) is 0 Å². The van der Waals surface area contributed by atoms with Crippen molar-refractivity contribution < 1.29 is 0 Å². The molecule has 0 heteroatoms. The van der Waals surface area contributed by atoms with Gasteiger partial charge in [0.25, 0.3) is 0 Å². The minimum absolute atomic E-state index is 0.336. The Labute approximate surface area is 146 Å². The van der Waals surface area contributed by atoms with E-state index < -0.39 is 0 Å². The van der Waals surface area contributed by atoms with Crippen molar-refractivity contribution in [2.24, 2.45) is 22.7 Å². The first-order valence-corrected chi connectivity index (χ1v) is 9.15. The summed E-state index contributed by atoms with van der Waals surface area (Å²) in [5.41, 5.74) is 2.07. The maximum Gasteiger partial charge on any atom is -0.0210 e. The standard InChI is InChI=1S/C23H40/c1-19(2)23(8,9)18-14-13-16-20(3)15-11-10-12-17-21(4)22(5,6)7/h10-13,15-17,19,21H,14,18H2,1-9H3/b11-10+,16-13+,17-12+,20-15+/t21-/m1/s1. The fourth-order valence-electron chi connectivity index (χ4n) is 1.86. The monoisotopic (exact) mass is 316 g/mol. The summed E-state index contributed by atoms with van der Waals surface area (Å²) in [6.45, 7) is 20.6. The van der Waals surface area contributed by atoms with Gasteiger partial charge in [0.2, 0.25) is 0 Å². The molecule has 0 saturated heterocycles. The van der Waals surface area contributed by atoms with E-state index in [1.807, 2.05) is 0 Å². The van der Waals surface area contributed by atoms with Crippen LogP contribution in [0.25, 0.3) is 0 Å². The highest BCUT2D eigenvalue weighted by atomic mass is 14.3. The summed E-state index contributed by atoms with van der Waals surface area (Å²) in [4.78, 5) is 0. The molecular formula is C23H40. The quantitative estimate of drug-likeness (QED) is 0.401. The Morgan fingerprint density at radius 3 is 2.04 bits per heavy atom. The van der Waals surface area contributed by atoms with E-state index in [1.54, 1.807) is 0 Å². The molecule has 0 fully saturated rings. The van der Waals surface area contributed by atoms with Gasteiger partial charge in [0.1, 0.15) is 0 Å². The van der Waals surface area contributed by atoms with Crippen molar-refractivity contribution in [1.29, 1.82) is 0 Å². The van der Waals surface area contributed by atoms with Crippen molar-refractivity contribution in [3.63, 3.8) is 0 Å². The highest BCUT2D eigenvalue weighted by Gasteiger charge is 2.20. The topological polar surface area (TPSA) is 0 Å². The molecule has 23 heavy (non-hydrogen) atoms. The Bertz CT molecular complexity index is 433. The zero-order chi connectivity index (χ0) is 18.1. The first-order chi connectivity index (χ1) is 10.5. The Morgan fingerprint density at radius 2 is 1.52 bits per heavy atom. The third-order valence-corrected chi connectivity index (χ3v) is 5.25. The molecule has 1 atom stereocenters. The van der Waals surface area contributed by atoms with E-state index in [2.05, 4.69) is 105 Å². The van der Waals surface area contributed by atoms with E-state index in [4.69, 9.17) is 0 Å². The molecule has 0 heterocycles. The highest BCUT2D eigenvalue weighted by Crippen LogP contribution is 2.31. The zero-order valence-electron chi connectivity index (χ0n) is 17.1. The molecule has 0 bridgehead atoms. The van der Waals surface area contributed by atoms with E-state index in [0.717, 1.165) is 12.3 Å². The fraction of sp³-hybridized carbons (Fsp3) is 0.652. The second kappa shape index (κ2) is 9.96. The van der Waals surface area contributed by atoms with Gasteiger partial charge in [-0.05, 0) is 42.4 Å². The van der Waals surface area contributed by atoms with Gasteiger partial charge in [-0.15, -0.1) is 0 Å². The van der Waals surface area contributed by atoms with Crippen LogP contribution in [-0.4, -0.2) is 0 Å². The second-order valence-electron chi connectivity index (χ2n) is 8.92. The molecule has 0 radical (unpaired) electrons. The van der Waals surface area contributed by atoms with Crippen LogP contribution in [-0.2, 0) is 0 Å². The van der Waals surface area contributed by atoms with Crippen molar-refractivity contribution in [3.05, 3.63) is 48.1 Å². The second-order valence-corrected chi connectivity index (χ2v) is 8.92. The van der Waals surface area contributed by atoms with Crippen LogP contribution in [0.1, 0.15) is 75.2 Å². The minimum Gasteiger partial charge on any atom is -0.0843 e. The molecule has 0 aromatic carbocycles. The maximum absolute atomic E-state index is 2.36. The lowest BCUT2D eigenvalue weighted by atomic mass is 9.77. The number of hydrogen-bond acceptors (Lipinski definition) is 0. The fourth-order valence-corrected chi connectivity index (χ4v) is 1.86. The number of rotatable bonds is 8. The molecule has 0 saturated carbocycles. The number of allylic oxidation sites excluding steroid dienone is 8. The lowest BCUT2D eigenvalue weighted by Crippen LogP contribution is -2.18. The first-order valence-electron chi connectivity index (χ1n) is 9.15. The van der Waals surface area contributed by atoms with Crippen LogP contribution in [0.4, 0.5) is 0 Å². The van der Waals surface area contributed by atoms with Gasteiger partial charge in [-0.2, -0.15) is 0 Å². The van der Waals surface area contributed by atoms with Crippen LogP contribution in [0, 0.1) is 22.7 Å². The van der Waals surface area contributed by atoms with Crippen LogP contribution in [0.5, 0.6) is 0 Å². The van der Waals surface area contributed by atoms with Crippen LogP contribution in [0.15, 0.2) is 48.1 Å². The van der Waals surface area contributed by atoms with Gasteiger partial charge in [0.15, 0.2) is 0 Å². The van der Waals surface area contributed by atoms with Gasteiger partial charge in [-0.1, -0.05) is 103 Å². The predicted molar refractivity (Wildman–Crippen MR) is 108 cm³/mol. The van der Waals surface area contributed by atoms with E-state index in [0.29, 0.717) is 16.7 Å². The van der Waals surface area contributed by atoms with Crippen molar-refractivity contribution in [2.45, 2.75) is 75.2 Å². The van der Waals surface area contributed by atoms with Crippen molar-refractivity contribution in [2.75, 3.05) is 0 Å². The van der Waals surface area contributed by atoms with Crippen LogP contribution >= 0.6 is 0 Å². The van der Waals surface area contributed by atoms with Crippen molar-refractivity contribution in [1.82, 2.24) is 0 Å². The summed E-state index contributed by atoms with van der Waals surface area (Å²) >= 11 is 0. The third-order valence-electron chi connectivity index (χ3n) is 5.25. The van der Waals surface area contributed by atoms with Gasteiger partial charge in [0.05, 0.1) is 0 Å². The van der Waals surface area contributed by atoms with E-state index in [1.165, 1.54) is 12.0 Å². The molecule has 0 aromatic heterocycles. The molecule has 0 amide bonds. The normalized spacial score (nSPS) is 16.3. The lowest BCUT2D eigenvalue weighted by Gasteiger charge is -2.28. The molecule has 0 aliphatic heterocycles. The highest BCUT2D eigenvalue weighted by molar-refractivity contribution is 5.23. The average molecular weight is 317 g/mol. The molecule has 0 N–H and O–H groups in total. The minimum atomic E-state index is 0.336. The first kappa shape index (κ1) is 22.0. The average Bonchev–Trinajstić information content (AvgIpc) is 2.41. The lowest BCUT2D eigenvalue weighted by molar-refractivity contribution is 0.231. The summed E-state index contributed by atoms with van der Waals surface area (Å²) in [5, 5.41) is 0. The number of hydrogen-bond donors (Lipinski definition) is 0. The molecule has 0 rings (SSSR count). The van der Waals surface area contributed by atoms with Gasteiger partial charge in [-0.25, -0.2) is 0 Å². The summed E-state index contributed by atoms with van der Waals surface area (Å²) in [5.74, 6) is 1.32. The molecule has 0 spiro atoms. The smallest absolute Gasteiger partial charge is 0.0210 e. The Hall–Kier alpha value is -1.04. The van der Waals surface area contributed by atoms with E-state index in [-0.39, 0.29) is 0 Å². The molecule has 0 unspecified atom stereocenters. The Morgan fingerprint density at radius 1 is 0.913 bits per heavy atom. The third kappa shape index (κ3) is 10.4. The van der Waals surface area contributed by atoms with Crippen LogP contribution < -0.4 is 0 Å². The summed E-state index contributed by atoms with van der Waals surface area (Å²) in [6.07, 6.45) is 17.8. The maximum atomic E-state index is 2.36. The predicted octanol–water partition coefficient (Wildman–Crippen LogP) is 7.75. The molecule has 0 aliphatic carbocycles. The van der Waals surface area contributed by atoms with E-state index in [9.17, 15) is 0 Å². The van der Waals surface area contributed by atoms with Gasteiger partial charge in [0, 0.05) is 0 Å². The van der Waals surface area contributed by atoms with Gasteiger partial charge < -0.3 is 0 Å². The zero-order valence-corrected chi connectivity index (χ0v) is 17.1. The summed E-state index contributed by atoms with van der Waals surface area (Å²) < 4.78 is 0. The SMILES string of the molecule is CC(/C=C/CCC(C)(C)C(C)C)=C\C=C\C=C\[C@@H](C)C(C)(C)C. The molecule has 0 aliphatic rings. The molecule has 0 aromatic rings. The van der Waals surface area contributed by atoms with E-state index >= 15 is 0 Å². The Kier molecular flexibility index (Phi) is 9.51. The Balaban J connectivity index is 4.29. The summed E-state index contributed by atoms with van der Waals surface area (Å²) in [6, 6.07) is 0. The molecule has 132 valence electrons. The largest absolute Gasteiger partial charge is 0.0843 e. The van der Waals surface area contributed by atoms with Gasteiger partial charge in [-0.3, -0.25) is 0 Å². The summed E-state index contributed by atoms with van der Waals surface area (Å²) in [7, 11) is 0. The van der Waals surface area contributed by atoms with Crippen molar-refractivity contribution >= 4 is 0 Å². The van der Waals surface area contributed by atoms with Crippen molar-refractivity contribution in [3.8, 4) is 0 Å². The van der Waals surface area contributed by atoms with Crippen LogP contribution in [0.2, 0.25) is 0 Å². The van der Waals surface area contributed by atoms with Gasteiger partial charge >= 0.3 is 0 Å². The molecule has 0 nitrogen and oxygen atoms in total. The molecular weight excluding hydrogens is 276 g/mol.